The number of carbonyl (C=O) groups is 2. The number of alkyl halides is 6. The Morgan fingerprint density at radius 2 is 1.70 bits per heavy atom. The number of phenolic OH excluding ortho intramolecular Hbond substituents is 1. The molecule has 4 unspecified atom stereocenters. The van der Waals surface area contributed by atoms with Crippen LogP contribution in [-0.2, 0) is 36.1 Å². The number of rotatable bonds is 8. The van der Waals surface area contributed by atoms with Crippen LogP contribution >= 0.6 is 39.1 Å². The van der Waals surface area contributed by atoms with Crippen LogP contribution in [0.1, 0.15) is 29.6 Å². The second kappa shape index (κ2) is 12.9. The van der Waals surface area contributed by atoms with Gasteiger partial charge in [-0.05, 0) is 23.8 Å². The van der Waals surface area contributed by atoms with Crippen molar-refractivity contribution in [2.24, 2.45) is 7.05 Å². The molecule has 4 heterocycles. The van der Waals surface area contributed by atoms with Gasteiger partial charge in [0.05, 0.1) is 43.3 Å². The summed E-state index contributed by atoms with van der Waals surface area (Å²) in [6.45, 7) is -0.595. The number of carbonyl (C=O) groups excluding carboxylic acids is 2. The van der Waals surface area contributed by atoms with Crippen molar-refractivity contribution in [2.45, 2.75) is 54.0 Å². The van der Waals surface area contributed by atoms with Crippen LogP contribution in [0.3, 0.4) is 0 Å². The van der Waals surface area contributed by atoms with Crippen molar-refractivity contribution in [3.8, 4) is 23.0 Å². The Hall–Kier alpha value is -4.75. The molecule has 1 saturated carbocycles. The van der Waals surface area contributed by atoms with Gasteiger partial charge in [-0.3, -0.25) is 19.3 Å². The fourth-order valence-corrected chi connectivity index (χ4v) is 9.05. The lowest BCUT2D eigenvalue weighted by atomic mass is 9.64. The first-order chi connectivity index (χ1) is 25.4. The Labute approximate surface area is 319 Å². The van der Waals surface area contributed by atoms with Crippen molar-refractivity contribution >= 4 is 62.0 Å². The lowest BCUT2D eigenvalue weighted by molar-refractivity contribution is -0.274. The number of halogens is 6. The summed E-state index contributed by atoms with van der Waals surface area (Å²) in [4.78, 5) is 69.6. The topological polar surface area (TPSA) is 169 Å². The molecular weight excluding hydrogens is 832 g/mol. The van der Waals surface area contributed by atoms with Crippen molar-refractivity contribution in [1.82, 2.24) is 28.4 Å². The van der Waals surface area contributed by atoms with E-state index in [9.17, 15) is 42.3 Å². The molecule has 0 spiro atoms. The summed E-state index contributed by atoms with van der Waals surface area (Å²) in [6, 6.07) is 4.48. The van der Waals surface area contributed by atoms with E-state index in [0.29, 0.717) is 22.5 Å². The highest BCUT2D eigenvalue weighted by Gasteiger charge is 2.75. The predicted octanol–water partition coefficient (Wildman–Crippen LogP) is 3.27. The number of hydrogen-bond acceptors (Lipinski definition) is 10. The average Bonchev–Trinajstić information content (AvgIpc) is 3.45. The van der Waals surface area contributed by atoms with E-state index < -0.39 is 74.7 Å². The summed E-state index contributed by atoms with van der Waals surface area (Å²) >= 11 is 17.3. The normalized spacial score (nSPS) is 23.6. The third-order valence-electron chi connectivity index (χ3n) is 10.1. The molecule has 4 aromatic rings. The fourth-order valence-electron chi connectivity index (χ4n) is 7.65. The molecular formula is C33H28BrCl2F3N6O9. The van der Waals surface area contributed by atoms with Gasteiger partial charge in [-0.2, -0.15) is 0 Å². The predicted molar refractivity (Wildman–Crippen MR) is 189 cm³/mol. The Balaban J connectivity index is 1.33. The quantitative estimate of drug-likeness (QED) is 0.120. The molecule has 1 N–H and O–H groups in total. The second-order valence-corrected chi connectivity index (χ2v) is 14.6. The highest BCUT2D eigenvalue weighted by Crippen LogP contribution is 2.64. The number of aryl methyl sites for hydroxylation is 2. The van der Waals surface area contributed by atoms with Crippen LogP contribution in [0.15, 0.2) is 56.4 Å². The zero-order chi connectivity index (χ0) is 39.2. The summed E-state index contributed by atoms with van der Waals surface area (Å²) in [5.41, 5.74) is -1.88. The molecule has 2 fully saturated rings. The molecule has 2 aromatic carbocycles. The van der Waals surface area contributed by atoms with Crippen LogP contribution in [0.25, 0.3) is 11.0 Å². The van der Waals surface area contributed by atoms with E-state index in [1.807, 2.05) is 0 Å². The van der Waals surface area contributed by atoms with Crippen molar-refractivity contribution in [2.75, 3.05) is 19.7 Å². The zero-order valence-electron chi connectivity index (χ0n) is 28.3. The van der Waals surface area contributed by atoms with E-state index in [1.54, 1.807) is 12.1 Å². The van der Waals surface area contributed by atoms with E-state index in [4.69, 9.17) is 32.7 Å². The van der Waals surface area contributed by atoms with E-state index in [2.05, 4.69) is 25.7 Å². The fraction of sp³-hybridized carbons (Fsp3) is 0.394. The number of benzene rings is 2. The van der Waals surface area contributed by atoms with Crippen molar-refractivity contribution in [3.63, 3.8) is 0 Å². The SMILES string of the molecule is COc1cc2nc(CCn3c(=O)n4n(c3=O)C3CC5(Cl)C(=O)N(CBr)C(=O)C5(Cl)C(c5cc(OC(F)(F)F)ccc5O)C3=CC4)c(=O)n(C)c2cc1OC. The lowest BCUT2D eigenvalue weighted by Crippen LogP contribution is -2.59. The number of nitrogens with zero attached hydrogens (tertiary/aromatic N) is 6. The van der Waals surface area contributed by atoms with Gasteiger partial charge in [-0.1, -0.05) is 22.0 Å². The number of imide groups is 1. The molecule has 1 saturated heterocycles. The minimum atomic E-state index is -5.13. The third-order valence-corrected chi connectivity index (χ3v) is 12.0. The summed E-state index contributed by atoms with van der Waals surface area (Å²) < 4.78 is 58.9. The molecule has 21 heteroatoms. The Bertz CT molecular complexity index is 2500. The first kappa shape index (κ1) is 37.6. The maximum Gasteiger partial charge on any atom is 0.573 e. The number of likely N-dealkylation sites (tertiary alicyclic amines) is 1. The minimum Gasteiger partial charge on any atom is -0.508 e. The first-order valence-corrected chi connectivity index (χ1v) is 17.9. The third kappa shape index (κ3) is 5.37. The number of amides is 2. The molecule has 2 aliphatic heterocycles. The van der Waals surface area contributed by atoms with E-state index >= 15 is 0 Å². The van der Waals surface area contributed by atoms with Gasteiger partial charge >= 0.3 is 17.7 Å². The maximum atomic E-state index is 14.2. The number of methoxy groups -OCH3 is 2. The molecule has 3 aliphatic rings. The van der Waals surface area contributed by atoms with Gasteiger partial charge in [0.25, 0.3) is 17.4 Å². The molecule has 1 aliphatic carbocycles. The van der Waals surface area contributed by atoms with E-state index in [0.717, 1.165) is 37.0 Å². The Morgan fingerprint density at radius 3 is 2.35 bits per heavy atom. The average molecular weight is 860 g/mol. The van der Waals surface area contributed by atoms with Crippen LogP contribution < -0.4 is 31.1 Å². The van der Waals surface area contributed by atoms with Gasteiger partial charge in [0.15, 0.2) is 21.2 Å². The highest BCUT2D eigenvalue weighted by molar-refractivity contribution is 9.09. The van der Waals surface area contributed by atoms with Gasteiger partial charge in [0.1, 0.15) is 17.2 Å². The molecule has 0 radical (unpaired) electrons. The number of allylic oxidation sites excluding steroid dienone is 2. The molecule has 15 nitrogen and oxygen atoms in total. The Morgan fingerprint density at radius 1 is 1.02 bits per heavy atom. The summed E-state index contributed by atoms with van der Waals surface area (Å²) in [5.74, 6) is -4.22. The maximum absolute atomic E-state index is 14.2. The van der Waals surface area contributed by atoms with Crippen LogP contribution in [0, 0.1) is 0 Å². The van der Waals surface area contributed by atoms with Gasteiger partial charge < -0.3 is 23.9 Å². The number of phenols is 1. The minimum absolute atomic E-state index is 0.0298. The van der Waals surface area contributed by atoms with Crippen LogP contribution in [-0.4, -0.2) is 81.1 Å². The van der Waals surface area contributed by atoms with E-state index in [1.165, 1.54) is 31.9 Å². The first-order valence-electron chi connectivity index (χ1n) is 16.0. The van der Waals surface area contributed by atoms with Crippen molar-refractivity contribution in [1.29, 1.82) is 0 Å². The highest BCUT2D eigenvalue weighted by atomic mass is 79.9. The number of aromatic hydroxyl groups is 1. The number of ether oxygens (including phenoxy) is 3. The number of fused-ring (bicyclic) bond motifs is 5. The molecule has 2 aromatic heterocycles. The van der Waals surface area contributed by atoms with Crippen LogP contribution in [0.2, 0.25) is 0 Å². The van der Waals surface area contributed by atoms with Crippen LogP contribution in [0.5, 0.6) is 23.0 Å². The molecule has 2 amide bonds. The monoisotopic (exact) mass is 858 g/mol. The number of hydrogen-bond donors (Lipinski definition) is 1. The Kier molecular flexibility index (Phi) is 9.00. The van der Waals surface area contributed by atoms with Gasteiger partial charge in [-0.15, -0.1) is 36.4 Å². The smallest absolute Gasteiger partial charge is 0.508 e. The second-order valence-electron chi connectivity index (χ2n) is 12.8. The van der Waals surface area contributed by atoms with Crippen molar-refractivity contribution < 1.29 is 42.1 Å². The summed E-state index contributed by atoms with van der Waals surface area (Å²) in [7, 11) is 4.41. The van der Waals surface area contributed by atoms with Crippen molar-refractivity contribution in [3.05, 3.63) is 84.6 Å². The van der Waals surface area contributed by atoms with Crippen LogP contribution in [0.4, 0.5) is 13.2 Å². The molecule has 54 heavy (non-hydrogen) atoms. The standard InChI is InChI=1S/C33H28BrCl2F3N6O9/c1-41-20-12-24(53-3)23(52-2)11-19(20)40-18(26(41)47)7-8-42-29(50)44-9-6-16-21(45(44)30(42)51)13-31(35)27(48)43(14-34)28(49)32(31,36)25(16)17-10-15(4-5-22(17)46)54-33(37,38)39/h4-6,10-12,21,25,46H,7-9,13-14H2,1-3H3. The van der Waals surface area contributed by atoms with Gasteiger partial charge in [0, 0.05) is 50.0 Å². The molecule has 7 rings (SSSR count). The summed E-state index contributed by atoms with van der Waals surface area (Å²) in [6.07, 6.45) is -4.35. The summed E-state index contributed by atoms with van der Waals surface area (Å²) in [5, 5.41) is 11.1. The lowest BCUT2D eigenvalue weighted by Gasteiger charge is -2.49. The number of aromatic nitrogens is 5. The van der Waals surface area contributed by atoms with Gasteiger partial charge in [-0.25, -0.2) is 28.5 Å². The molecule has 286 valence electrons. The van der Waals surface area contributed by atoms with Gasteiger partial charge in [0.2, 0.25) is 0 Å². The zero-order valence-corrected chi connectivity index (χ0v) is 31.4. The largest absolute Gasteiger partial charge is 0.573 e. The molecule has 0 bridgehead atoms. The van der Waals surface area contributed by atoms with E-state index in [-0.39, 0.29) is 41.8 Å². The molecule has 4 atom stereocenters.